The molecule has 3 fully saturated rings. The average Bonchev–Trinajstić information content (AvgIpc) is 3.11. The van der Waals surface area contributed by atoms with Gasteiger partial charge in [0.25, 0.3) is 0 Å². The Morgan fingerprint density at radius 3 is 1.85 bits per heavy atom. The average molecular weight is 294 g/mol. The smallest absolute Gasteiger partial charge is 0.114 e. The molecule has 7 unspecified atom stereocenters. The molecule has 3 heterocycles. The second kappa shape index (κ2) is 7.10. The summed E-state index contributed by atoms with van der Waals surface area (Å²) < 4.78 is 15.1. The molecule has 0 aromatic heterocycles. The minimum atomic E-state index is -0.947. The Balaban J connectivity index is 0.000000147. The fraction of sp³-hybridized carbons (Fsp3) is 1.00. The molecule has 20 heavy (non-hydrogen) atoms. The molecule has 118 valence electrons. The first-order valence-electron chi connectivity index (χ1n) is 6.72. The summed E-state index contributed by atoms with van der Waals surface area (Å²) >= 11 is 0. The van der Waals surface area contributed by atoms with E-state index in [0.29, 0.717) is 13.0 Å². The van der Waals surface area contributed by atoms with Crippen LogP contribution in [-0.4, -0.2) is 94.7 Å². The zero-order valence-electron chi connectivity index (χ0n) is 11.0. The molecule has 8 heteroatoms. The summed E-state index contributed by atoms with van der Waals surface area (Å²) in [5.41, 5.74) is 0. The molecule has 0 aromatic rings. The topological polar surface area (TPSA) is 129 Å². The molecule has 0 spiro atoms. The van der Waals surface area contributed by atoms with Crippen LogP contribution < -0.4 is 0 Å². The highest BCUT2D eigenvalue weighted by Gasteiger charge is 2.46. The molecule has 7 atom stereocenters. The molecule has 8 nitrogen and oxygen atoms in total. The summed E-state index contributed by atoms with van der Waals surface area (Å²) in [6.07, 6.45) is -3.32. The van der Waals surface area contributed by atoms with Crippen LogP contribution in [0.15, 0.2) is 0 Å². The van der Waals surface area contributed by atoms with E-state index in [2.05, 4.69) is 0 Å². The Morgan fingerprint density at radius 2 is 1.45 bits per heavy atom. The maximum absolute atomic E-state index is 9.16. The van der Waals surface area contributed by atoms with Crippen molar-refractivity contribution in [3.63, 3.8) is 0 Å². The zero-order chi connectivity index (χ0) is 14.7. The van der Waals surface area contributed by atoms with Crippen molar-refractivity contribution in [1.82, 2.24) is 0 Å². The normalized spacial score (nSPS) is 44.9. The van der Waals surface area contributed by atoms with Crippen molar-refractivity contribution in [2.75, 3.05) is 26.4 Å². The number of aliphatic hydroxyl groups is 5. The van der Waals surface area contributed by atoms with Crippen molar-refractivity contribution >= 4 is 0 Å². The van der Waals surface area contributed by atoms with Gasteiger partial charge in [0.05, 0.1) is 25.9 Å². The molecule has 0 bridgehead atoms. The van der Waals surface area contributed by atoms with Gasteiger partial charge in [-0.25, -0.2) is 0 Å². The van der Waals surface area contributed by atoms with Crippen LogP contribution in [0.1, 0.15) is 6.42 Å². The largest absolute Gasteiger partial charge is 0.394 e. The minimum absolute atomic E-state index is 0.284. The third-order valence-electron chi connectivity index (χ3n) is 3.67. The van der Waals surface area contributed by atoms with Gasteiger partial charge in [-0.1, -0.05) is 0 Å². The van der Waals surface area contributed by atoms with Crippen molar-refractivity contribution in [2.24, 2.45) is 0 Å². The van der Waals surface area contributed by atoms with Crippen LogP contribution in [0.2, 0.25) is 0 Å². The van der Waals surface area contributed by atoms with Crippen LogP contribution in [0.5, 0.6) is 0 Å². The van der Waals surface area contributed by atoms with Crippen molar-refractivity contribution in [1.29, 1.82) is 0 Å². The summed E-state index contributed by atoms with van der Waals surface area (Å²) in [5, 5.41) is 44.9. The molecule has 3 aliphatic rings. The van der Waals surface area contributed by atoms with Gasteiger partial charge in [-0.15, -0.1) is 0 Å². The highest BCUT2D eigenvalue weighted by Crippen LogP contribution is 2.26. The summed E-state index contributed by atoms with van der Waals surface area (Å²) in [7, 11) is 0. The van der Waals surface area contributed by atoms with Crippen molar-refractivity contribution in [3.8, 4) is 0 Å². The first kappa shape index (κ1) is 16.1. The Hall–Kier alpha value is -0.320. The van der Waals surface area contributed by atoms with Gasteiger partial charge in [0.1, 0.15) is 36.6 Å². The number of hydrogen-bond donors (Lipinski definition) is 5. The van der Waals surface area contributed by atoms with Gasteiger partial charge in [-0.3, -0.25) is 0 Å². The third-order valence-corrected chi connectivity index (χ3v) is 3.67. The molecule has 3 saturated heterocycles. The van der Waals surface area contributed by atoms with E-state index >= 15 is 0 Å². The van der Waals surface area contributed by atoms with E-state index in [1.165, 1.54) is 0 Å². The number of rotatable bonds is 2. The van der Waals surface area contributed by atoms with Gasteiger partial charge in [-0.05, 0) is 6.42 Å². The lowest BCUT2D eigenvalue weighted by Gasteiger charge is -2.17. The lowest BCUT2D eigenvalue weighted by atomic mass is 10.1. The Kier molecular flexibility index (Phi) is 5.70. The van der Waals surface area contributed by atoms with E-state index in [9.17, 15) is 0 Å². The molecular weight excluding hydrogens is 272 g/mol. The van der Waals surface area contributed by atoms with Crippen LogP contribution in [0, 0.1) is 0 Å². The fourth-order valence-corrected chi connectivity index (χ4v) is 2.53. The molecule has 3 aliphatic heterocycles. The van der Waals surface area contributed by atoms with Crippen molar-refractivity contribution in [2.45, 2.75) is 49.1 Å². The molecule has 0 saturated carbocycles. The Labute approximate surface area is 116 Å². The molecule has 5 N–H and O–H groups in total. The quantitative estimate of drug-likeness (QED) is 0.364. The Bertz CT molecular complexity index is 282. The van der Waals surface area contributed by atoms with Gasteiger partial charge in [0.2, 0.25) is 0 Å². The fourth-order valence-electron chi connectivity index (χ4n) is 2.53. The maximum atomic E-state index is 9.16. The molecule has 0 aliphatic carbocycles. The summed E-state index contributed by atoms with van der Waals surface area (Å²) in [6, 6.07) is 0. The van der Waals surface area contributed by atoms with Crippen LogP contribution in [0.3, 0.4) is 0 Å². The summed E-state index contributed by atoms with van der Waals surface area (Å²) in [4.78, 5) is 0. The van der Waals surface area contributed by atoms with Crippen LogP contribution in [0.4, 0.5) is 0 Å². The number of fused-ring (bicyclic) bond motifs is 1. The number of aliphatic hydroxyl groups excluding tert-OH is 5. The van der Waals surface area contributed by atoms with Crippen LogP contribution in [-0.2, 0) is 14.2 Å². The third kappa shape index (κ3) is 3.46. The highest BCUT2D eigenvalue weighted by atomic mass is 16.6. The standard InChI is InChI=1S/C6H10O4.C6H12O4/c7-3-1-9-6-4(8)2-10-5(3)6;7-3-5(9)6-4(8)1-2-10-6/h3-8H,1-2H2;4-9H,1-3H2. The van der Waals surface area contributed by atoms with Gasteiger partial charge < -0.3 is 39.7 Å². The lowest BCUT2D eigenvalue weighted by Crippen LogP contribution is -2.36. The number of ether oxygens (including phenoxy) is 3. The van der Waals surface area contributed by atoms with Gasteiger partial charge >= 0.3 is 0 Å². The first-order valence-corrected chi connectivity index (χ1v) is 6.72. The van der Waals surface area contributed by atoms with Gasteiger partial charge in [-0.2, -0.15) is 0 Å². The molecule has 3 rings (SSSR count). The summed E-state index contributed by atoms with van der Waals surface area (Å²) in [6.45, 7) is 0.670. The van der Waals surface area contributed by atoms with Crippen molar-refractivity contribution < 1.29 is 39.7 Å². The van der Waals surface area contributed by atoms with E-state index < -0.39 is 30.5 Å². The van der Waals surface area contributed by atoms with E-state index in [-0.39, 0.29) is 32.0 Å². The van der Waals surface area contributed by atoms with E-state index in [0.717, 1.165) is 0 Å². The second-order valence-corrected chi connectivity index (χ2v) is 5.17. The van der Waals surface area contributed by atoms with E-state index in [4.69, 9.17) is 39.7 Å². The SMILES string of the molecule is OC1COC2C(O)COC12.OCC(O)C1OCCC1O. The van der Waals surface area contributed by atoms with Gasteiger partial charge in [0, 0.05) is 6.61 Å². The molecule has 0 radical (unpaired) electrons. The zero-order valence-corrected chi connectivity index (χ0v) is 11.0. The summed E-state index contributed by atoms with van der Waals surface area (Å²) in [5.74, 6) is 0. The van der Waals surface area contributed by atoms with E-state index in [1.54, 1.807) is 0 Å². The van der Waals surface area contributed by atoms with Crippen LogP contribution >= 0.6 is 0 Å². The first-order chi connectivity index (χ1) is 9.54. The molecule has 0 amide bonds. The van der Waals surface area contributed by atoms with Crippen LogP contribution in [0.25, 0.3) is 0 Å². The number of hydrogen-bond acceptors (Lipinski definition) is 8. The molecular formula is C12H22O8. The Morgan fingerprint density at radius 1 is 0.900 bits per heavy atom. The maximum Gasteiger partial charge on any atom is 0.114 e. The monoisotopic (exact) mass is 294 g/mol. The van der Waals surface area contributed by atoms with Gasteiger partial charge in [0.15, 0.2) is 0 Å². The van der Waals surface area contributed by atoms with E-state index in [1.807, 2.05) is 0 Å². The molecule has 0 aromatic carbocycles. The lowest BCUT2D eigenvalue weighted by molar-refractivity contribution is -0.0645. The predicted octanol–water partition coefficient (Wildman–Crippen LogP) is -3.00. The minimum Gasteiger partial charge on any atom is -0.394 e. The predicted molar refractivity (Wildman–Crippen MR) is 65.0 cm³/mol. The second-order valence-electron chi connectivity index (χ2n) is 5.17. The highest BCUT2D eigenvalue weighted by molar-refractivity contribution is 4.93. The van der Waals surface area contributed by atoms with Crippen molar-refractivity contribution in [3.05, 3.63) is 0 Å².